The molecule has 0 unspecified atom stereocenters. The van der Waals surface area contributed by atoms with Crippen molar-refractivity contribution in [3.63, 3.8) is 0 Å². The molecule has 0 amide bonds. The normalized spacial score (nSPS) is 16.3. The molecule has 0 saturated heterocycles. The average Bonchev–Trinajstić information content (AvgIpc) is 3.12. The Hall–Kier alpha value is -2.58. The van der Waals surface area contributed by atoms with Gasteiger partial charge in [-0.15, -0.1) is 0 Å². The van der Waals surface area contributed by atoms with Crippen LogP contribution in [0.25, 0.3) is 33.4 Å². The smallest absolute Gasteiger partial charge is 0.0886 e. The third-order valence-electron chi connectivity index (χ3n) is 7.80. The Morgan fingerprint density at radius 2 is 0.938 bits per heavy atom. The maximum Gasteiger partial charge on any atom is 0.139 e. The van der Waals surface area contributed by atoms with Gasteiger partial charge in [0.05, 0.1) is 0 Å². The summed E-state index contributed by atoms with van der Waals surface area (Å²) in [6.07, 6.45) is 0. The molecule has 0 fully saturated rings. The fraction of sp³-hybridized carbons (Fsp3) is 0.200. The number of hydrogen-bond acceptors (Lipinski definition) is 0. The minimum absolute atomic E-state index is 0.00574. The van der Waals surface area contributed by atoms with E-state index in [1.165, 1.54) is 61.1 Å². The van der Waals surface area contributed by atoms with Gasteiger partial charge in [-0.1, -0.05) is 97.6 Å². The monoisotopic (exact) mass is 476 g/mol. The number of halogens is 1. The topological polar surface area (TPSA) is 0 Å². The van der Waals surface area contributed by atoms with Gasteiger partial charge in [0.15, 0.2) is 0 Å². The Morgan fingerprint density at radius 3 is 1.47 bits per heavy atom. The van der Waals surface area contributed by atoms with Crippen LogP contribution >= 0.6 is 15.9 Å². The van der Waals surface area contributed by atoms with Gasteiger partial charge < -0.3 is 0 Å². The van der Waals surface area contributed by atoms with Crippen molar-refractivity contribution in [3.8, 4) is 33.4 Å². The molecule has 0 saturated carbocycles. The number of hydrogen-bond donors (Lipinski definition) is 0. The Kier molecular flexibility index (Phi) is 4.06. The second kappa shape index (κ2) is 6.48. The molecular weight excluding hydrogens is 451 g/mol. The summed E-state index contributed by atoms with van der Waals surface area (Å²) in [6.45, 7) is 9.42. The van der Waals surface area contributed by atoms with Gasteiger partial charge in [0, 0.05) is 15.3 Å². The molecule has 156 valence electrons. The van der Waals surface area contributed by atoms with Crippen molar-refractivity contribution >= 4 is 29.2 Å². The minimum atomic E-state index is -0.00574. The van der Waals surface area contributed by atoms with Crippen molar-refractivity contribution in [1.82, 2.24) is 0 Å². The van der Waals surface area contributed by atoms with E-state index in [0.29, 0.717) is 0 Å². The average molecular weight is 477 g/mol. The van der Waals surface area contributed by atoms with E-state index in [1.807, 2.05) is 0 Å². The van der Waals surface area contributed by atoms with Gasteiger partial charge in [0.25, 0.3) is 0 Å². The van der Waals surface area contributed by atoms with Gasteiger partial charge in [0.2, 0.25) is 0 Å². The van der Waals surface area contributed by atoms with E-state index in [9.17, 15) is 0 Å². The molecule has 6 rings (SSSR count). The third kappa shape index (κ3) is 2.62. The molecule has 0 spiro atoms. The van der Waals surface area contributed by atoms with E-state index in [2.05, 4.69) is 124 Å². The fourth-order valence-corrected chi connectivity index (χ4v) is 6.28. The van der Waals surface area contributed by atoms with Crippen LogP contribution in [0.3, 0.4) is 0 Å². The highest BCUT2D eigenvalue weighted by Gasteiger charge is 2.37. The molecule has 0 radical (unpaired) electrons. The Bertz CT molecular complexity index is 1330. The minimum Gasteiger partial charge on any atom is -0.0886 e. The summed E-state index contributed by atoms with van der Waals surface area (Å²) < 4.78 is 1.15. The van der Waals surface area contributed by atoms with Gasteiger partial charge in [-0.2, -0.15) is 0 Å². The molecule has 4 aromatic carbocycles. The van der Waals surface area contributed by atoms with E-state index < -0.39 is 0 Å². The lowest BCUT2D eigenvalue weighted by atomic mass is 9.79. The Labute approximate surface area is 200 Å². The zero-order valence-corrected chi connectivity index (χ0v) is 20.9. The molecule has 4 aromatic rings. The van der Waals surface area contributed by atoms with Gasteiger partial charge in [-0.25, -0.2) is 0 Å². The van der Waals surface area contributed by atoms with E-state index in [4.69, 9.17) is 0 Å². The van der Waals surface area contributed by atoms with Crippen LogP contribution in [0.1, 0.15) is 49.9 Å². The zero-order valence-electron chi connectivity index (χ0n) is 19.3. The summed E-state index contributed by atoms with van der Waals surface area (Å²) in [5.41, 5.74) is 15.1. The van der Waals surface area contributed by atoms with Crippen LogP contribution in [0.5, 0.6) is 0 Å². The fourth-order valence-electron chi connectivity index (χ4n) is 5.92. The molecule has 2 aliphatic rings. The van der Waals surface area contributed by atoms with Crippen LogP contribution in [0, 0.1) is 0 Å². The molecule has 2 heteroatoms. The first-order valence-corrected chi connectivity index (χ1v) is 12.2. The highest BCUT2D eigenvalue weighted by Crippen LogP contribution is 2.52. The highest BCUT2D eigenvalue weighted by atomic mass is 79.9. The Morgan fingerprint density at radius 1 is 0.531 bits per heavy atom. The van der Waals surface area contributed by atoms with Crippen LogP contribution in [0.2, 0.25) is 0 Å². The maximum atomic E-state index is 3.67. The van der Waals surface area contributed by atoms with Crippen molar-refractivity contribution in [2.24, 2.45) is 0 Å². The van der Waals surface area contributed by atoms with Gasteiger partial charge in [-0.05, 0) is 79.9 Å². The van der Waals surface area contributed by atoms with Gasteiger partial charge >= 0.3 is 0 Å². The van der Waals surface area contributed by atoms with Crippen molar-refractivity contribution in [2.45, 2.75) is 38.5 Å². The first-order chi connectivity index (χ1) is 15.2. The van der Waals surface area contributed by atoms with Gasteiger partial charge in [0.1, 0.15) is 7.85 Å². The molecule has 0 aromatic heterocycles. The van der Waals surface area contributed by atoms with Crippen LogP contribution in [0.4, 0.5) is 0 Å². The molecule has 0 nitrogen and oxygen atoms in total. The standard InChI is InChI=1S/C30H26BBr/c1-29(2)25-13-17(5-9-21(25)23-11-7-19(31)15-27(23)29)18-6-10-22-24-12-8-20(32)16-28(24)30(3,4)26(22)14-18/h5-16H,31H2,1-4H3. The number of benzene rings is 4. The summed E-state index contributed by atoms with van der Waals surface area (Å²) in [5.74, 6) is 0. The molecule has 0 aliphatic heterocycles. The second-order valence-electron chi connectivity index (χ2n) is 10.5. The SMILES string of the molecule is Bc1ccc2c(c1)C(C)(C)c1cc(-c3ccc4c(c3)C(C)(C)c3cc(Br)ccc3-4)ccc1-2. The van der Waals surface area contributed by atoms with E-state index in [-0.39, 0.29) is 10.8 Å². The molecule has 32 heavy (non-hydrogen) atoms. The number of rotatable bonds is 1. The predicted octanol–water partition coefficient (Wildman–Crippen LogP) is 6.99. The lowest BCUT2D eigenvalue weighted by molar-refractivity contribution is 0.659. The Balaban J connectivity index is 1.49. The highest BCUT2D eigenvalue weighted by molar-refractivity contribution is 9.10. The summed E-state index contributed by atoms with van der Waals surface area (Å²) >= 11 is 3.67. The lowest BCUT2D eigenvalue weighted by Gasteiger charge is -2.23. The lowest BCUT2D eigenvalue weighted by Crippen LogP contribution is -2.17. The van der Waals surface area contributed by atoms with Gasteiger partial charge in [-0.3, -0.25) is 0 Å². The summed E-state index contributed by atoms with van der Waals surface area (Å²) in [4.78, 5) is 0. The van der Waals surface area contributed by atoms with E-state index in [1.54, 1.807) is 0 Å². The summed E-state index contributed by atoms with van der Waals surface area (Å²) in [6, 6.07) is 27.7. The van der Waals surface area contributed by atoms with Crippen molar-refractivity contribution in [1.29, 1.82) is 0 Å². The predicted molar refractivity (Wildman–Crippen MR) is 143 cm³/mol. The summed E-state index contributed by atoms with van der Waals surface area (Å²) in [7, 11) is 2.19. The van der Waals surface area contributed by atoms with Crippen LogP contribution in [-0.2, 0) is 10.8 Å². The first kappa shape index (κ1) is 20.1. The van der Waals surface area contributed by atoms with Crippen LogP contribution in [-0.4, -0.2) is 7.85 Å². The molecule has 0 bridgehead atoms. The largest absolute Gasteiger partial charge is 0.139 e. The molecule has 0 heterocycles. The molecular formula is C30H26BBr. The second-order valence-corrected chi connectivity index (χ2v) is 11.4. The molecule has 0 atom stereocenters. The maximum absolute atomic E-state index is 3.67. The number of fused-ring (bicyclic) bond motifs is 6. The third-order valence-corrected chi connectivity index (χ3v) is 8.30. The van der Waals surface area contributed by atoms with Crippen molar-refractivity contribution in [2.75, 3.05) is 0 Å². The van der Waals surface area contributed by atoms with Crippen molar-refractivity contribution in [3.05, 3.63) is 99.5 Å². The summed E-state index contributed by atoms with van der Waals surface area (Å²) in [5, 5.41) is 0. The first-order valence-electron chi connectivity index (χ1n) is 11.4. The zero-order chi connectivity index (χ0) is 22.4. The quantitative estimate of drug-likeness (QED) is 0.260. The molecule has 2 aliphatic carbocycles. The van der Waals surface area contributed by atoms with Crippen LogP contribution < -0.4 is 5.46 Å². The van der Waals surface area contributed by atoms with Crippen molar-refractivity contribution < 1.29 is 0 Å². The molecule has 0 N–H and O–H groups in total. The van der Waals surface area contributed by atoms with Crippen LogP contribution in [0.15, 0.2) is 77.3 Å². The van der Waals surface area contributed by atoms with E-state index in [0.717, 1.165) is 4.47 Å². The van der Waals surface area contributed by atoms with E-state index >= 15 is 0 Å².